The number of hydrogen-bond acceptors (Lipinski definition) is 4. The molecule has 8 heteroatoms. The van der Waals surface area contributed by atoms with Gasteiger partial charge < -0.3 is 20.0 Å². The van der Waals surface area contributed by atoms with Crippen LogP contribution in [0.5, 0.6) is 0 Å². The van der Waals surface area contributed by atoms with Gasteiger partial charge >= 0.3 is 0 Å². The second-order valence-corrected chi connectivity index (χ2v) is 9.48. The average Bonchev–Trinajstić information content (AvgIpc) is 2.93. The van der Waals surface area contributed by atoms with Gasteiger partial charge in [0.15, 0.2) is 0 Å². The van der Waals surface area contributed by atoms with Crippen LogP contribution in [0, 0.1) is 12.7 Å². The Hall–Kier alpha value is -4.20. The quantitative estimate of drug-likeness (QED) is 0.476. The number of hydrogen-bond donors (Lipinski definition) is 1. The smallest absolute Gasteiger partial charge is 0.254 e. The molecule has 0 unspecified atom stereocenters. The summed E-state index contributed by atoms with van der Waals surface area (Å²) in [6.45, 7) is 6.90. The number of carbonyl (C=O) groups is 3. The van der Waals surface area contributed by atoms with Gasteiger partial charge in [0, 0.05) is 55.2 Å². The van der Waals surface area contributed by atoms with Crippen LogP contribution in [0.4, 0.5) is 15.8 Å². The van der Waals surface area contributed by atoms with Crippen molar-refractivity contribution in [3.8, 4) is 0 Å². The predicted octanol–water partition coefficient (Wildman–Crippen LogP) is 4.59. The number of anilines is 2. The first-order valence-corrected chi connectivity index (χ1v) is 12.9. The molecule has 3 aromatic rings. The molecule has 0 aliphatic carbocycles. The van der Waals surface area contributed by atoms with E-state index in [-0.39, 0.29) is 29.8 Å². The zero-order valence-corrected chi connectivity index (χ0v) is 21.8. The average molecular weight is 517 g/mol. The number of amides is 3. The Morgan fingerprint density at radius 1 is 0.895 bits per heavy atom. The first-order chi connectivity index (χ1) is 18.3. The van der Waals surface area contributed by atoms with Gasteiger partial charge in [-0.3, -0.25) is 14.4 Å². The van der Waals surface area contributed by atoms with E-state index < -0.39 is 5.82 Å². The maximum absolute atomic E-state index is 13.6. The van der Waals surface area contributed by atoms with Gasteiger partial charge in [-0.25, -0.2) is 4.39 Å². The monoisotopic (exact) mass is 516 g/mol. The summed E-state index contributed by atoms with van der Waals surface area (Å²) in [7, 11) is 0. The molecule has 0 aromatic heterocycles. The molecule has 1 N–H and O–H groups in total. The summed E-state index contributed by atoms with van der Waals surface area (Å²) in [5.41, 5.74) is 3.69. The van der Waals surface area contributed by atoms with Crippen LogP contribution in [-0.4, -0.2) is 66.8 Å². The highest BCUT2D eigenvalue weighted by Gasteiger charge is 2.23. The van der Waals surface area contributed by atoms with Gasteiger partial charge in [-0.15, -0.1) is 0 Å². The molecule has 4 rings (SSSR count). The third-order valence-corrected chi connectivity index (χ3v) is 6.57. The number of piperazine rings is 1. The third kappa shape index (κ3) is 6.76. The van der Waals surface area contributed by atoms with Crippen LogP contribution < -0.4 is 10.2 Å². The van der Waals surface area contributed by atoms with Crippen LogP contribution in [0.25, 0.3) is 0 Å². The molecule has 0 atom stereocenters. The number of halogens is 1. The molecule has 1 fully saturated rings. The second kappa shape index (κ2) is 12.4. The Morgan fingerprint density at radius 2 is 1.58 bits per heavy atom. The Balaban J connectivity index is 1.30. The number of nitrogens with zero attached hydrogens (tertiary/aromatic N) is 3. The van der Waals surface area contributed by atoms with Crippen LogP contribution >= 0.6 is 0 Å². The van der Waals surface area contributed by atoms with Crippen LogP contribution in [-0.2, 0) is 4.79 Å². The molecule has 198 valence electrons. The van der Waals surface area contributed by atoms with E-state index in [1.54, 1.807) is 6.07 Å². The Kier molecular flexibility index (Phi) is 8.73. The fourth-order valence-electron chi connectivity index (χ4n) is 4.50. The van der Waals surface area contributed by atoms with Crippen LogP contribution in [0.1, 0.15) is 39.6 Å². The first-order valence-electron chi connectivity index (χ1n) is 12.9. The SMILES string of the molecule is CCCN(CC(=O)Nc1ccc(N2CCN(C(=O)c3ccc(C)cc3)CC2)cc1)C(=O)c1cccc(F)c1. The second-order valence-electron chi connectivity index (χ2n) is 9.48. The van der Waals surface area contributed by atoms with Crippen molar-refractivity contribution < 1.29 is 18.8 Å². The summed E-state index contributed by atoms with van der Waals surface area (Å²) in [4.78, 5) is 43.8. The van der Waals surface area contributed by atoms with E-state index in [0.29, 0.717) is 37.3 Å². The van der Waals surface area contributed by atoms with Gasteiger partial charge in [0.05, 0.1) is 0 Å². The van der Waals surface area contributed by atoms with E-state index in [1.807, 2.05) is 67.3 Å². The summed E-state index contributed by atoms with van der Waals surface area (Å²) in [6, 6.07) is 20.7. The Morgan fingerprint density at radius 3 is 2.21 bits per heavy atom. The van der Waals surface area contributed by atoms with E-state index >= 15 is 0 Å². The molecule has 1 aliphatic heterocycles. The topological polar surface area (TPSA) is 73.0 Å². The van der Waals surface area contributed by atoms with Crippen molar-refractivity contribution in [2.75, 3.05) is 49.5 Å². The highest BCUT2D eigenvalue weighted by atomic mass is 19.1. The summed E-state index contributed by atoms with van der Waals surface area (Å²) in [5.74, 6) is -1.14. The van der Waals surface area contributed by atoms with E-state index in [1.165, 1.54) is 23.1 Å². The number of nitrogens with one attached hydrogen (secondary N) is 1. The van der Waals surface area contributed by atoms with Crippen molar-refractivity contribution in [3.05, 3.63) is 95.3 Å². The highest BCUT2D eigenvalue weighted by Crippen LogP contribution is 2.21. The molecule has 1 saturated heterocycles. The molecular weight excluding hydrogens is 483 g/mol. The molecule has 1 aliphatic rings. The van der Waals surface area contributed by atoms with Gasteiger partial charge in [-0.05, 0) is 67.9 Å². The normalized spacial score (nSPS) is 13.2. The van der Waals surface area contributed by atoms with Crippen LogP contribution in [0.2, 0.25) is 0 Å². The molecule has 7 nitrogen and oxygen atoms in total. The van der Waals surface area contributed by atoms with Crippen molar-refractivity contribution in [1.82, 2.24) is 9.80 Å². The van der Waals surface area contributed by atoms with Gasteiger partial charge in [-0.1, -0.05) is 30.7 Å². The molecule has 0 bridgehead atoms. The molecule has 3 amide bonds. The van der Waals surface area contributed by atoms with Gasteiger partial charge in [0.2, 0.25) is 5.91 Å². The Bertz CT molecular complexity index is 1270. The maximum atomic E-state index is 13.6. The standard InChI is InChI=1S/C30H33FN4O3/c1-3-15-35(30(38)24-5-4-6-25(31)20-24)21-28(36)32-26-11-13-27(14-12-26)33-16-18-34(19-17-33)29(37)23-9-7-22(2)8-10-23/h4-14,20H,3,15-19,21H2,1-2H3,(H,32,36). The van der Waals surface area contributed by atoms with Gasteiger partial charge in [-0.2, -0.15) is 0 Å². The lowest BCUT2D eigenvalue weighted by Gasteiger charge is -2.36. The number of aryl methyl sites for hydroxylation is 1. The molecule has 0 radical (unpaired) electrons. The van der Waals surface area contributed by atoms with E-state index in [9.17, 15) is 18.8 Å². The van der Waals surface area contributed by atoms with Crippen molar-refractivity contribution in [3.63, 3.8) is 0 Å². The lowest BCUT2D eigenvalue weighted by molar-refractivity contribution is -0.116. The summed E-state index contributed by atoms with van der Waals surface area (Å²) >= 11 is 0. The van der Waals surface area contributed by atoms with Gasteiger partial charge in [0.25, 0.3) is 11.8 Å². The fraction of sp³-hybridized carbons (Fsp3) is 0.300. The largest absolute Gasteiger partial charge is 0.368 e. The Labute approximate surface area is 222 Å². The minimum atomic E-state index is -0.490. The molecular formula is C30H33FN4O3. The lowest BCUT2D eigenvalue weighted by Crippen LogP contribution is -2.48. The molecule has 1 heterocycles. The van der Waals surface area contributed by atoms with Crippen molar-refractivity contribution in [2.24, 2.45) is 0 Å². The minimum absolute atomic E-state index is 0.0516. The molecule has 3 aromatic carbocycles. The molecule has 38 heavy (non-hydrogen) atoms. The molecule has 0 saturated carbocycles. The molecule has 0 spiro atoms. The summed E-state index contributed by atoms with van der Waals surface area (Å²) < 4.78 is 13.6. The fourth-order valence-corrected chi connectivity index (χ4v) is 4.50. The van der Waals surface area contributed by atoms with Crippen molar-refractivity contribution in [1.29, 1.82) is 0 Å². The van der Waals surface area contributed by atoms with E-state index in [2.05, 4.69) is 10.2 Å². The highest BCUT2D eigenvalue weighted by molar-refractivity contribution is 5.99. The maximum Gasteiger partial charge on any atom is 0.254 e. The van der Waals surface area contributed by atoms with Gasteiger partial charge in [0.1, 0.15) is 12.4 Å². The number of rotatable bonds is 8. The first kappa shape index (κ1) is 26.9. The minimum Gasteiger partial charge on any atom is -0.368 e. The van der Waals surface area contributed by atoms with Crippen molar-refractivity contribution >= 4 is 29.1 Å². The van der Waals surface area contributed by atoms with Crippen molar-refractivity contribution in [2.45, 2.75) is 20.3 Å². The summed E-state index contributed by atoms with van der Waals surface area (Å²) in [5, 5.41) is 2.84. The third-order valence-electron chi connectivity index (χ3n) is 6.57. The summed E-state index contributed by atoms with van der Waals surface area (Å²) in [6.07, 6.45) is 0.674. The van der Waals surface area contributed by atoms with E-state index in [0.717, 1.165) is 24.3 Å². The number of benzene rings is 3. The zero-order chi connectivity index (χ0) is 27.1. The van der Waals surface area contributed by atoms with Crippen LogP contribution in [0.15, 0.2) is 72.8 Å². The zero-order valence-electron chi connectivity index (χ0n) is 21.8. The lowest BCUT2D eigenvalue weighted by atomic mass is 10.1. The number of carbonyl (C=O) groups excluding carboxylic acids is 3. The predicted molar refractivity (Wildman–Crippen MR) is 147 cm³/mol. The van der Waals surface area contributed by atoms with Crippen LogP contribution in [0.3, 0.4) is 0 Å². The van der Waals surface area contributed by atoms with E-state index in [4.69, 9.17) is 0 Å².